The van der Waals surface area contributed by atoms with Gasteiger partial charge in [0.2, 0.25) is 0 Å². The molecular weight excluding hydrogens is 629 g/mol. The molecule has 2 unspecified atom stereocenters. The van der Waals surface area contributed by atoms with E-state index in [1.54, 1.807) is 34.6 Å². The quantitative estimate of drug-likeness (QED) is 0.334. The summed E-state index contributed by atoms with van der Waals surface area (Å²) in [6.07, 6.45) is -0.181. The molecular formula is C32H37F3N2O6S2. The maximum atomic E-state index is 14.3. The van der Waals surface area contributed by atoms with Crippen molar-refractivity contribution in [2.24, 2.45) is 10.8 Å². The van der Waals surface area contributed by atoms with E-state index in [0.29, 0.717) is 35.2 Å². The zero-order valence-electron chi connectivity index (χ0n) is 25.3. The second-order valence-corrected chi connectivity index (χ2v) is 17.5. The van der Waals surface area contributed by atoms with E-state index in [4.69, 9.17) is 5.11 Å². The molecule has 0 aromatic heterocycles. The fourth-order valence-corrected chi connectivity index (χ4v) is 10.3. The van der Waals surface area contributed by atoms with Crippen LogP contribution in [0.1, 0.15) is 52.0 Å². The van der Waals surface area contributed by atoms with Gasteiger partial charge < -0.3 is 5.11 Å². The number of hydrogen-bond donors (Lipinski definition) is 1. The highest BCUT2D eigenvalue weighted by atomic mass is 32.2. The molecule has 2 aromatic carbocycles. The number of benzene rings is 2. The molecule has 8 nitrogen and oxygen atoms in total. The van der Waals surface area contributed by atoms with Crippen LogP contribution in [-0.2, 0) is 31.4 Å². The third-order valence-corrected chi connectivity index (χ3v) is 12.4. The predicted molar refractivity (Wildman–Crippen MR) is 164 cm³/mol. The average molecular weight is 667 g/mol. The Bertz CT molecular complexity index is 1770. The van der Waals surface area contributed by atoms with E-state index in [0.717, 1.165) is 18.9 Å². The summed E-state index contributed by atoms with van der Waals surface area (Å²) in [5, 5.41) is 8.96. The number of hydrogen-bond acceptors (Lipinski definition) is 5. The van der Waals surface area contributed by atoms with E-state index in [1.807, 2.05) is 0 Å². The number of aliphatic carboxylic acids is 1. The minimum Gasteiger partial charge on any atom is -0.480 e. The Morgan fingerprint density at radius 2 is 1.67 bits per heavy atom. The van der Waals surface area contributed by atoms with Crippen LogP contribution in [-0.4, -0.2) is 67.6 Å². The summed E-state index contributed by atoms with van der Waals surface area (Å²) in [5.74, 6) is -2.50. The first-order valence-corrected chi connectivity index (χ1v) is 17.7. The van der Waals surface area contributed by atoms with Crippen molar-refractivity contribution in [3.63, 3.8) is 0 Å². The first kappa shape index (κ1) is 33.4. The summed E-state index contributed by atoms with van der Waals surface area (Å²) in [6.45, 7) is 6.46. The van der Waals surface area contributed by atoms with Crippen molar-refractivity contribution < 1.29 is 39.9 Å². The van der Waals surface area contributed by atoms with Crippen LogP contribution in [0.25, 0.3) is 11.1 Å². The molecule has 2 fully saturated rings. The highest BCUT2D eigenvalue weighted by molar-refractivity contribution is 7.92. The predicted octanol–water partition coefficient (Wildman–Crippen LogP) is 5.98. The Labute approximate surface area is 262 Å². The molecule has 1 saturated heterocycles. The molecule has 1 N–H and O–H groups in total. The zero-order valence-corrected chi connectivity index (χ0v) is 27.0. The van der Waals surface area contributed by atoms with Crippen molar-refractivity contribution >= 4 is 26.0 Å². The molecule has 13 heteroatoms. The van der Waals surface area contributed by atoms with Gasteiger partial charge in [0.25, 0.3) is 10.2 Å². The van der Waals surface area contributed by atoms with Crippen LogP contribution in [0.5, 0.6) is 0 Å². The second kappa shape index (κ2) is 11.7. The van der Waals surface area contributed by atoms with Crippen molar-refractivity contribution in [2.75, 3.05) is 18.8 Å². The average Bonchev–Trinajstić information content (AvgIpc) is 3.49. The number of carboxylic acid groups (broad SMARTS) is 1. The first-order chi connectivity index (χ1) is 20.8. The van der Waals surface area contributed by atoms with Crippen molar-refractivity contribution in [1.82, 2.24) is 8.61 Å². The molecule has 2 bridgehead atoms. The number of rotatable bonds is 10. The minimum atomic E-state index is -4.49. The highest BCUT2D eigenvalue weighted by Gasteiger charge is 2.54. The fraction of sp³-hybridized carbons (Fsp3) is 0.469. The lowest BCUT2D eigenvalue weighted by atomic mass is 9.65. The number of carboxylic acids is 1. The van der Waals surface area contributed by atoms with Gasteiger partial charge in [0.1, 0.15) is 0 Å². The van der Waals surface area contributed by atoms with Crippen LogP contribution in [0.3, 0.4) is 0 Å². The van der Waals surface area contributed by atoms with E-state index in [2.05, 4.69) is 20.8 Å². The molecule has 1 aliphatic heterocycles. The van der Waals surface area contributed by atoms with Crippen LogP contribution < -0.4 is 0 Å². The van der Waals surface area contributed by atoms with Gasteiger partial charge in [0.05, 0.1) is 4.90 Å². The molecule has 2 aliphatic carbocycles. The summed E-state index contributed by atoms with van der Waals surface area (Å²) in [4.78, 5) is 10.9. The van der Waals surface area contributed by atoms with Gasteiger partial charge in [-0.1, -0.05) is 74.9 Å². The lowest BCUT2D eigenvalue weighted by molar-refractivity contribution is -0.134. The third-order valence-electron chi connectivity index (χ3n) is 8.82. The molecule has 0 spiro atoms. The molecule has 0 radical (unpaired) electrons. The number of alkyl halides is 3. The number of sulfone groups is 1. The van der Waals surface area contributed by atoms with Crippen LogP contribution in [0.4, 0.5) is 13.2 Å². The van der Waals surface area contributed by atoms with E-state index in [1.165, 1.54) is 28.6 Å². The Balaban J connectivity index is 1.41. The zero-order chi connectivity index (χ0) is 33.0. The molecule has 1 heterocycles. The smallest absolute Gasteiger partial charge is 0.413 e. The summed E-state index contributed by atoms with van der Waals surface area (Å²) >= 11 is 0. The number of carbonyl (C=O) groups is 1. The van der Waals surface area contributed by atoms with Crippen molar-refractivity contribution in [3.05, 3.63) is 77.4 Å². The van der Waals surface area contributed by atoms with Gasteiger partial charge >= 0.3 is 12.1 Å². The lowest BCUT2D eigenvalue weighted by Crippen LogP contribution is -2.46. The standard InChI is InChI=1S/C32H37F3N2O6S2/c1-30(2)15-27-16-31(3,20-30)21-37(27)45(42,43)36(18-23-9-12-26(13-23)32(33,34)35)17-22-7-10-24(11-8-22)25-5-4-6-28(14-25)44(40,41)19-29(38)39/h4-12,14,27H,13,15-21H2,1-3H3,(H,38,39). The molecule has 2 atom stereocenters. The molecule has 2 aromatic rings. The molecule has 45 heavy (non-hydrogen) atoms. The molecule has 1 saturated carbocycles. The Morgan fingerprint density at radius 3 is 2.29 bits per heavy atom. The maximum absolute atomic E-state index is 14.3. The summed E-state index contributed by atoms with van der Waals surface area (Å²) < 4.78 is 96.4. The maximum Gasteiger partial charge on any atom is 0.413 e. The van der Waals surface area contributed by atoms with Gasteiger partial charge in [0, 0.05) is 31.2 Å². The number of fused-ring (bicyclic) bond motifs is 2. The third kappa shape index (κ3) is 7.37. The van der Waals surface area contributed by atoms with Crippen LogP contribution in [0.2, 0.25) is 0 Å². The van der Waals surface area contributed by atoms with Crippen molar-refractivity contribution in [3.8, 4) is 11.1 Å². The van der Waals surface area contributed by atoms with Crippen molar-refractivity contribution in [2.45, 2.75) is 70.1 Å². The van der Waals surface area contributed by atoms with Crippen LogP contribution in [0, 0.1) is 10.8 Å². The molecule has 5 rings (SSSR count). The van der Waals surface area contributed by atoms with Crippen LogP contribution >= 0.6 is 0 Å². The Morgan fingerprint density at radius 1 is 0.978 bits per heavy atom. The van der Waals surface area contributed by atoms with Gasteiger partial charge in [0.15, 0.2) is 15.6 Å². The van der Waals surface area contributed by atoms with Gasteiger partial charge in [-0.05, 0) is 65.3 Å². The van der Waals surface area contributed by atoms with Crippen LogP contribution in [0.15, 0.2) is 76.7 Å². The van der Waals surface area contributed by atoms with E-state index >= 15 is 0 Å². The molecule has 3 aliphatic rings. The Hall–Kier alpha value is -3.00. The summed E-state index contributed by atoms with van der Waals surface area (Å²) in [7, 11) is -8.11. The lowest BCUT2D eigenvalue weighted by Gasteiger charge is -2.39. The summed E-state index contributed by atoms with van der Waals surface area (Å²) in [6, 6.07) is 12.5. The van der Waals surface area contributed by atoms with E-state index < -0.39 is 43.5 Å². The van der Waals surface area contributed by atoms with E-state index in [-0.39, 0.29) is 41.3 Å². The largest absolute Gasteiger partial charge is 0.480 e. The SMILES string of the molecule is CC1(C)CC2CC(C)(CN2S(=O)(=O)N(CC2=CC=C(C(F)(F)F)C2)Cc2ccc(-c3cccc(S(=O)(=O)CC(=O)O)c3)cc2)C1. The van der Waals surface area contributed by atoms with Gasteiger partial charge in [-0.2, -0.15) is 30.2 Å². The Kier molecular flexibility index (Phi) is 8.65. The van der Waals surface area contributed by atoms with Crippen molar-refractivity contribution in [1.29, 1.82) is 0 Å². The van der Waals surface area contributed by atoms with Gasteiger partial charge in [-0.3, -0.25) is 4.79 Å². The van der Waals surface area contributed by atoms with Gasteiger partial charge in [-0.15, -0.1) is 0 Å². The summed E-state index contributed by atoms with van der Waals surface area (Å²) in [5.41, 5.74) is 1.19. The van der Waals surface area contributed by atoms with Gasteiger partial charge in [-0.25, -0.2) is 8.42 Å². The topological polar surface area (TPSA) is 112 Å². The normalized spacial score (nSPS) is 23.7. The minimum absolute atomic E-state index is 0.0353. The first-order valence-electron chi connectivity index (χ1n) is 14.6. The number of halogens is 3. The fourth-order valence-electron chi connectivity index (χ4n) is 7.28. The number of allylic oxidation sites excluding steroid dienone is 3. The highest BCUT2D eigenvalue weighted by Crippen LogP contribution is 2.53. The molecule has 244 valence electrons. The van der Waals surface area contributed by atoms with E-state index in [9.17, 15) is 34.8 Å². The molecule has 0 amide bonds. The monoisotopic (exact) mass is 666 g/mol. The second-order valence-electron chi connectivity index (χ2n) is 13.6. The number of nitrogens with zero attached hydrogens (tertiary/aromatic N) is 2.